The highest BCUT2D eigenvalue weighted by molar-refractivity contribution is 9.10. The predicted molar refractivity (Wildman–Crippen MR) is 102 cm³/mol. The van der Waals surface area contributed by atoms with Gasteiger partial charge in [0.2, 0.25) is 4.77 Å². The molecule has 0 fully saturated rings. The molecular formula is C17H15BrN4O2S. The van der Waals surface area contributed by atoms with E-state index in [9.17, 15) is 0 Å². The van der Waals surface area contributed by atoms with E-state index in [0.717, 1.165) is 15.6 Å². The first-order chi connectivity index (χ1) is 12.2. The maximum atomic E-state index is 5.99. The Labute approximate surface area is 158 Å². The number of ether oxygens (including phenoxy) is 2. The van der Waals surface area contributed by atoms with Gasteiger partial charge in [-0.25, -0.2) is 0 Å². The Morgan fingerprint density at radius 3 is 2.76 bits per heavy atom. The summed E-state index contributed by atoms with van der Waals surface area (Å²) in [6.45, 7) is 0.416. The first-order valence-corrected chi connectivity index (χ1v) is 8.58. The smallest absolute Gasteiger partial charge is 0.216 e. The molecule has 3 aromatic rings. The monoisotopic (exact) mass is 418 g/mol. The molecule has 0 aliphatic carbocycles. The van der Waals surface area contributed by atoms with Gasteiger partial charge in [-0.3, -0.25) is 5.10 Å². The second-order valence-corrected chi connectivity index (χ2v) is 6.35. The van der Waals surface area contributed by atoms with Crippen molar-refractivity contribution in [3.05, 3.63) is 69.2 Å². The van der Waals surface area contributed by atoms with Gasteiger partial charge in [0.15, 0.2) is 11.5 Å². The van der Waals surface area contributed by atoms with Crippen LogP contribution in [0.4, 0.5) is 0 Å². The predicted octanol–water partition coefficient (Wildman–Crippen LogP) is 4.17. The topological polar surface area (TPSA) is 64.4 Å². The molecule has 3 rings (SSSR count). The minimum atomic E-state index is 0.413. The van der Waals surface area contributed by atoms with Gasteiger partial charge in [-0.2, -0.15) is 14.9 Å². The van der Waals surface area contributed by atoms with Crippen molar-refractivity contribution in [3.63, 3.8) is 0 Å². The number of aromatic amines is 1. The molecule has 6 nitrogen and oxygen atoms in total. The van der Waals surface area contributed by atoms with E-state index in [1.807, 2.05) is 42.5 Å². The third-order valence-electron chi connectivity index (χ3n) is 3.38. The summed E-state index contributed by atoms with van der Waals surface area (Å²) in [5.74, 6) is 1.25. The Balaban J connectivity index is 1.86. The van der Waals surface area contributed by atoms with Gasteiger partial charge < -0.3 is 9.47 Å². The molecule has 0 saturated carbocycles. The number of aromatic nitrogens is 3. The summed E-state index contributed by atoms with van der Waals surface area (Å²) in [7, 11) is 1.61. The van der Waals surface area contributed by atoms with Gasteiger partial charge in [0.05, 0.1) is 13.3 Å². The van der Waals surface area contributed by atoms with Crippen LogP contribution >= 0.6 is 28.1 Å². The molecule has 0 spiro atoms. The standard InChI is InChI=1S/C17H15BrN4O2S/c1-23-15-4-2-3-13(9-20-22-11-19-21-17(22)25)16(15)24-10-12-5-7-14(18)8-6-12/h2-9,11H,10H2,1H3,(H,21,25)/b20-9+. The third-order valence-corrected chi connectivity index (χ3v) is 4.19. The molecule has 0 aliphatic heterocycles. The van der Waals surface area contributed by atoms with Gasteiger partial charge in [0.25, 0.3) is 0 Å². The van der Waals surface area contributed by atoms with E-state index < -0.39 is 0 Å². The number of H-pyrrole nitrogens is 1. The van der Waals surface area contributed by atoms with Crippen LogP contribution in [0.15, 0.2) is 58.4 Å². The van der Waals surface area contributed by atoms with E-state index in [1.54, 1.807) is 13.3 Å². The van der Waals surface area contributed by atoms with Gasteiger partial charge in [-0.15, -0.1) is 0 Å². The summed E-state index contributed by atoms with van der Waals surface area (Å²) in [4.78, 5) is 0. The average molecular weight is 419 g/mol. The molecule has 0 radical (unpaired) electrons. The van der Waals surface area contributed by atoms with Crippen LogP contribution in [0, 0.1) is 4.77 Å². The summed E-state index contributed by atoms with van der Waals surface area (Å²) in [5.41, 5.74) is 1.83. The largest absolute Gasteiger partial charge is 0.493 e. The number of halogens is 1. The van der Waals surface area contributed by atoms with E-state index in [-0.39, 0.29) is 0 Å². The molecule has 0 atom stereocenters. The zero-order valence-electron chi connectivity index (χ0n) is 13.3. The Kier molecular flexibility index (Phi) is 5.62. The van der Waals surface area contributed by atoms with Gasteiger partial charge in [0, 0.05) is 10.0 Å². The Morgan fingerprint density at radius 1 is 1.28 bits per heavy atom. The number of nitrogens with zero attached hydrogens (tertiary/aromatic N) is 3. The fourth-order valence-corrected chi connectivity index (χ4v) is 2.55. The zero-order valence-corrected chi connectivity index (χ0v) is 15.8. The number of nitrogens with one attached hydrogen (secondary N) is 1. The lowest BCUT2D eigenvalue weighted by Gasteiger charge is -2.13. The lowest BCUT2D eigenvalue weighted by atomic mass is 10.2. The van der Waals surface area contributed by atoms with E-state index in [1.165, 1.54) is 11.0 Å². The SMILES string of the molecule is COc1cccc(/C=N/n2cn[nH]c2=S)c1OCc1ccc(Br)cc1. The second kappa shape index (κ2) is 8.09. The van der Waals surface area contributed by atoms with Crippen molar-refractivity contribution >= 4 is 34.4 Å². The van der Waals surface area contributed by atoms with Crippen LogP contribution < -0.4 is 9.47 Å². The third kappa shape index (κ3) is 4.34. The molecule has 0 saturated heterocycles. The molecule has 1 N–H and O–H groups in total. The molecule has 0 amide bonds. The average Bonchev–Trinajstić information content (AvgIpc) is 3.04. The Hall–Kier alpha value is -2.45. The summed E-state index contributed by atoms with van der Waals surface area (Å²) in [5, 5.41) is 10.8. The van der Waals surface area contributed by atoms with Crippen molar-refractivity contribution in [1.82, 2.24) is 14.9 Å². The van der Waals surface area contributed by atoms with E-state index in [0.29, 0.717) is 22.9 Å². The molecular weight excluding hydrogens is 404 g/mol. The second-order valence-electron chi connectivity index (χ2n) is 5.04. The lowest BCUT2D eigenvalue weighted by molar-refractivity contribution is 0.284. The van der Waals surface area contributed by atoms with Crippen LogP contribution in [0.3, 0.4) is 0 Å². The quantitative estimate of drug-likeness (QED) is 0.481. The summed E-state index contributed by atoms with van der Waals surface area (Å²) in [6, 6.07) is 13.6. The summed E-state index contributed by atoms with van der Waals surface area (Å²) in [6.07, 6.45) is 3.16. The van der Waals surface area contributed by atoms with Gasteiger partial charge in [-0.05, 0) is 42.0 Å². The molecule has 1 heterocycles. The van der Waals surface area contributed by atoms with Crippen LogP contribution in [-0.4, -0.2) is 28.2 Å². The molecule has 0 aliphatic rings. The van der Waals surface area contributed by atoms with Crippen molar-refractivity contribution < 1.29 is 9.47 Å². The van der Waals surface area contributed by atoms with Crippen molar-refractivity contribution in [2.75, 3.05) is 7.11 Å². The number of rotatable bonds is 6. The highest BCUT2D eigenvalue weighted by Crippen LogP contribution is 2.31. The zero-order chi connectivity index (χ0) is 17.6. The Morgan fingerprint density at radius 2 is 2.08 bits per heavy atom. The minimum Gasteiger partial charge on any atom is -0.493 e. The molecule has 128 valence electrons. The van der Waals surface area contributed by atoms with Gasteiger partial charge in [-0.1, -0.05) is 34.1 Å². The minimum absolute atomic E-state index is 0.413. The number of para-hydroxylation sites is 1. The highest BCUT2D eigenvalue weighted by atomic mass is 79.9. The van der Waals surface area contributed by atoms with E-state index >= 15 is 0 Å². The van der Waals surface area contributed by atoms with Crippen molar-refractivity contribution in [2.45, 2.75) is 6.61 Å². The number of benzene rings is 2. The van der Waals surface area contributed by atoms with Crippen LogP contribution in [0.25, 0.3) is 0 Å². The first kappa shape index (κ1) is 17.4. The maximum Gasteiger partial charge on any atom is 0.216 e. The number of hydrogen-bond acceptors (Lipinski definition) is 5. The van der Waals surface area contributed by atoms with Crippen molar-refractivity contribution in [1.29, 1.82) is 0 Å². The first-order valence-electron chi connectivity index (χ1n) is 7.38. The molecule has 2 aromatic carbocycles. The van der Waals surface area contributed by atoms with Crippen LogP contribution in [0.1, 0.15) is 11.1 Å². The summed E-state index contributed by atoms with van der Waals surface area (Å²) < 4.78 is 14.3. The van der Waals surface area contributed by atoms with E-state index in [4.69, 9.17) is 21.7 Å². The molecule has 25 heavy (non-hydrogen) atoms. The fourth-order valence-electron chi connectivity index (χ4n) is 2.13. The highest BCUT2D eigenvalue weighted by Gasteiger charge is 2.10. The van der Waals surface area contributed by atoms with Crippen LogP contribution in [0.2, 0.25) is 0 Å². The maximum absolute atomic E-state index is 5.99. The number of hydrogen-bond donors (Lipinski definition) is 1. The molecule has 0 bridgehead atoms. The number of methoxy groups -OCH3 is 1. The van der Waals surface area contributed by atoms with Crippen molar-refractivity contribution in [3.8, 4) is 11.5 Å². The van der Waals surface area contributed by atoms with Crippen LogP contribution in [-0.2, 0) is 6.61 Å². The normalized spacial score (nSPS) is 11.0. The van der Waals surface area contributed by atoms with Crippen molar-refractivity contribution in [2.24, 2.45) is 5.10 Å². The molecule has 0 unspecified atom stereocenters. The fraction of sp³-hybridized carbons (Fsp3) is 0.118. The van der Waals surface area contributed by atoms with E-state index in [2.05, 4.69) is 31.2 Å². The molecule has 1 aromatic heterocycles. The van der Waals surface area contributed by atoms with Gasteiger partial charge >= 0.3 is 0 Å². The Bertz CT molecular complexity index is 934. The van der Waals surface area contributed by atoms with Gasteiger partial charge in [0.1, 0.15) is 12.9 Å². The lowest BCUT2D eigenvalue weighted by Crippen LogP contribution is -2.01. The molecule has 8 heteroatoms. The van der Waals surface area contributed by atoms with Crippen LogP contribution in [0.5, 0.6) is 11.5 Å². The summed E-state index contributed by atoms with van der Waals surface area (Å²) >= 11 is 8.50.